The molecule has 0 aliphatic carbocycles. The lowest BCUT2D eigenvalue weighted by molar-refractivity contribution is 0.101. The van der Waals surface area contributed by atoms with Crippen molar-refractivity contribution >= 4 is 45.8 Å². The van der Waals surface area contributed by atoms with E-state index in [9.17, 15) is 4.79 Å². The molecule has 6 heteroatoms. The summed E-state index contributed by atoms with van der Waals surface area (Å²) in [6.07, 6.45) is 0. The summed E-state index contributed by atoms with van der Waals surface area (Å²) in [5.41, 5.74) is 1.90. The Morgan fingerprint density at radius 3 is 2.72 bits per heavy atom. The molecule has 1 heterocycles. The third-order valence-electron chi connectivity index (χ3n) is 2.41. The molecule has 0 fully saturated rings. The number of benzene rings is 1. The van der Waals surface area contributed by atoms with E-state index < -0.39 is 0 Å². The Morgan fingerprint density at radius 2 is 2.17 bits per heavy atom. The fraction of sp³-hybridized carbons (Fsp3) is 0.167. The molecule has 0 aliphatic heterocycles. The van der Waals surface area contributed by atoms with Crippen LogP contribution in [0.5, 0.6) is 0 Å². The summed E-state index contributed by atoms with van der Waals surface area (Å²) in [5, 5.41) is 7.43. The predicted octanol–water partition coefficient (Wildman–Crippen LogP) is 3.24. The van der Waals surface area contributed by atoms with Gasteiger partial charge in [-0.05, 0) is 53.8 Å². The topological polar surface area (TPSA) is 46.9 Å². The first-order valence-corrected chi connectivity index (χ1v) is 6.70. The SMILES string of the molecule is Cc1cc(C(=O)Nc2ccc(I)cc2Cl)n(C)n1. The fourth-order valence-electron chi connectivity index (χ4n) is 1.60. The highest BCUT2D eigenvalue weighted by molar-refractivity contribution is 14.1. The number of nitrogens with zero attached hydrogens (tertiary/aromatic N) is 2. The average Bonchev–Trinajstić information content (AvgIpc) is 2.62. The summed E-state index contributed by atoms with van der Waals surface area (Å²) in [6, 6.07) is 7.20. The number of carbonyl (C=O) groups excluding carboxylic acids is 1. The van der Waals surface area contributed by atoms with Gasteiger partial charge in [-0.1, -0.05) is 11.6 Å². The monoisotopic (exact) mass is 375 g/mol. The second-order valence-corrected chi connectivity index (χ2v) is 5.53. The lowest BCUT2D eigenvalue weighted by Crippen LogP contribution is -2.16. The maximum absolute atomic E-state index is 12.1. The molecule has 0 unspecified atom stereocenters. The maximum Gasteiger partial charge on any atom is 0.273 e. The van der Waals surface area contributed by atoms with Gasteiger partial charge in [-0.3, -0.25) is 9.48 Å². The summed E-state index contributed by atoms with van der Waals surface area (Å²) >= 11 is 8.23. The van der Waals surface area contributed by atoms with E-state index in [0.29, 0.717) is 16.4 Å². The predicted molar refractivity (Wildman–Crippen MR) is 80.1 cm³/mol. The zero-order valence-corrected chi connectivity index (χ0v) is 12.8. The second-order valence-electron chi connectivity index (χ2n) is 3.87. The summed E-state index contributed by atoms with van der Waals surface area (Å²) in [6.45, 7) is 1.84. The molecule has 1 aromatic carbocycles. The van der Waals surface area contributed by atoms with Gasteiger partial charge in [-0.2, -0.15) is 5.10 Å². The molecule has 2 aromatic rings. The molecule has 1 aromatic heterocycles. The van der Waals surface area contributed by atoms with Crippen LogP contribution >= 0.6 is 34.2 Å². The minimum Gasteiger partial charge on any atom is -0.319 e. The number of anilines is 1. The quantitative estimate of drug-likeness (QED) is 0.819. The zero-order chi connectivity index (χ0) is 13.3. The van der Waals surface area contributed by atoms with Gasteiger partial charge in [0.2, 0.25) is 0 Å². The highest BCUT2D eigenvalue weighted by Crippen LogP contribution is 2.24. The van der Waals surface area contributed by atoms with E-state index in [2.05, 4.69) is 33.0 Å². The molecule has 0 bridgehead atoms. The first kappa shape index (κ1) is 13.4. The lowest BCUT2D eigenvalue weighted by atomic mass is 10.3. The van der Waals surface area contributed by atoms with Crippen molar-refractivity contribution < 1.29 is 4.79 Å². The van der Waals surface area contributed by atoms with Gasteiger partial charge in [0.05, 0.1) is 16.4 Å². The van der Waals surface area contributed by atoms with Crippen LogP contribution in [-0.2, 0) is 7.05 Å². The standard InChI is InChI=1S/C12H11ClIN3O/c1-7-5-11(17(2)16-7)12(18)15-10-4-3-8(14)6-9(10)13/h3-6H,1-2H3,(H,15,18). The van der Waals surface area contributed by atoms with E-state index in [4.69, 9.17) is 11.6 Å². The van der Waals surface area contributed by atoms with Crippen molar-refractivity contribution in [2.24, 2.45) is 7.05 Å². The maximum atomic E-state index is 12.1. The highest BCUT2D eigenvalue weighted by atomic mass is 127. The van der Waals surface area contributed by atoms with Crippen molar-refractivity contribution in [1.29, 1.82) is 0 Å². The number of nitrogens with one attached hydrogen (secondary N) is 1. The Labute approximate surface area is 123 Å². The van der Waals surface area contributed by atoms with E-state index in [-0.39, 0.29) is 5.91 Å². The van der Waals surface area contributed by atoms with Crippen molar-refractivity contribution in [3.63, 3.8) is 0 Å². The number of halogens is 2. The van der Waals surface area contributed by atoms with Crippen molar-refractivity contribution in [3.05, 3.63) is 44.2 Å². The van der Waals surface area contributed by atoms with Crippen molar-refractivity contribution in [3.8, 4) is 0 Å². The van der Waals surface area contributed by atoms with Gasteiger partial charge >= 0.3 is 0 Å². The third kappa shape index (κ3) is 2.84. The normalized spacial score (nSPS) is 10.4. The van der Waals surface area contributed by atoms with E-state index in [1.807, 2.05) is 13.0 Å². The first-order chi connectivity index (χ1) is 8.47. The fourth-order valence-corrected chi connectivity index (χ4v) is 2.50. The Kier molecular flexibility index (Phi) is 3.91. The smallest absolute Gasteiger partial charge is 0.273 e. The molecule has 1 N–H and O–H groups in total. The third-order valence-corrected chi connectivity index (χ3v) is 3.40. The van der Waals surface area contributed by atoms with Gasteiger partial charge in [0.25, 0.3) is 5.91 Å². The molecule has 0 atom stereocenters. The van der Waals surface area contributed by atoms with Crippen LogP contribution in [0, 0.1) is 10.5 Å². The van der Waals surface area contributed by atoms with Crippen molar-refractivity contribution in [1.82, 2.24) is 9.78 Å². The minimum atomic E-state index is -0.221. The molecule has 0 radical (unpaired) electrons. The van der Waals surface area contributed by atoms with Crippen LogP contribution in [0.1, 0.15) is 16.2 Å². The number of aryl methyl sites for hydroxylation is 2. The lowest BCUT2D eigenvalue weighted by Gasteiger charge is -2.07. The Hall–Kier alpha value is -1.08. The average molecular weight is 376 g/mol. The van der Waals surface area contributed by atoms with Crippen LogP contribution in [0.3, 0.4) is 0 Å². The first-order valence-electron chi connectivity index (χ1n) is 5.24. The van der Waals surface area contributed by atoms with E-state index >= 15 is 0 Å². The van der Waals surface area contributed by atoms with E-state index in [1.54, 1.807) is 29.9 Å². The zero-order valence-electron chi connectivity index (χ0n) is 9.87. The number of hydrogen-bond acceptors (Lipinski definition) is 2. The van der Waals surface area contributed by atoms with Gasteiger partial charge in [0.15, 0.2) is 0 Å². The largest absolute Gasteiger partial charge is 0.319 e. The number of aromatic nitrogens is 2. The Morgan fingerprint density at radius 1 is 1.44 bits per heavy atom. The molecule has 2 rings (SSSR count). The van der Waals surface area contributed by atoms with Crippen molar-refractivity contribution in [2.45, 2.75) is 6.92 Å². The van der Waals surface area contributed by atoms with Crippen molar-refractivity contribution in [2.75, 3.05) is 5.32 Å². The summed E-state index contributed by atoms with van der Waals surface area (Å²) in [4.78, 5) is 12.1. The Balaban J connectivity index is 2.24. The Bertz CT molecular complexity index is 609. The molecular weight excluding hydrogens is 365 g/mol. The molecule has 94 valence electrons. The van der Waals surface area contributed by atoms with Crippen LogP contribution in [0.25, 0.3) is 0 Å². The molecule has 0 saturated carbocycles. The van der Waals surface area contributed by atoms with Crippen LogP contribution in [0.15, 0.2) is 24.3 Å². The molecule has 1 amide bonds. The molecule has 0 aliphatic rings. The van der Waals surface area contributed by atoms with E-state index in [0.717, 1.165) is 9.26 Å². The summed E-state index contributed by atoms with van der Waals surface area (Å²) < 4.78 is 2.57. The van der Waals surface area contributed by atoms with Gasteiger partial charge in [0, 0.05) is 10.6 Å². The summed E-state index contributed by atoms with van der Waals surface area (Å²) in [7, 11) is 1.73. The molecular formula is C12H11ClIN3O. The molecule has 18 heavy (non-hydrogen) atoms. The number of rotatable bonds is 2. The van der Waals surface area contributed by atoms with Crippen LogP contribution < -0.4 is 5.32 Å². The van der Waals surface area contributed by atoms with Gasteiger partial charge in [-0.25, -0.2) is 0 Å². The summed E-state index contributed by atoms with van der Waals surface area (Å²) in [5.74, 6) is -0.221. The minimum absolute atomic E-state index is 0.221. The number of carbonyl (C=O) groups is 1. The molecule has 0 saturated heterocycles. The van der Waals surface area contributed by atoms with Crippen LogP contribution in [0.2, 0.25) is 5.02 Å². The van der Waals surface area contributed by atoms with Gasteiger partial charge in [0.1, 0.15) is 5.69 Å². The van der Waals surface area contributed by atoms with E-state index in [1.165, 1.54) is 0 Å². The second kappa shape index (κ2) is 5.27. The molecule has 4 nitrogen and oxygen atoms in total. The number of hydrogen-bond donors (Lipinski definition) is 1. The van der Waals surface area contributed by atoms with Gasteiger partial charge < -0.3 is 5.32 Å². The van der Waals surface area contributed by atoms with Crippen LogP contribution in [0.4, 0.5) is 5.69 Å². The van der Waals surface area contributed by atoms with Crippen LogP contribution in [-0.4, -0.2) is 15.7 Å². The number of amides is 1. The molecule has 0 spiro atoms. The highest BCUT2D eigenvalue weighted by Gasteiger charge is 2.13. The van der Waals surface area contributed by atoms with Gasteiger partial charge in [-0.15, -0.1) is 0 Å².